The van der Waals surface area contributed by atoms with Gasteiger partial charge < -0.3 is 15.6 Å². The quantitative estimate of drug-likeness (QED) is 0.902. The first kappa shape index (κ1) is 13.8. The summed E-state index contributed by atoms with van der Waals surface area (Å²) in [5.74, 6) is 0.839. The van der Waals surface area contributed by atoms with E-state index in [0.717, 1.165) is 47.0 Å². The van der Waals surface area contributed by atoms with Gasteiger partial charge in [0.2, 0.25) is 0 Å². The second-order valence-corrected chi connectivity index (χ2v) is 5.84. The fourth-order valence-corrected chi connectivity index (χ4v) is 3.11. The molecule has 0 aromatic heterocycles. The van der Waals surface area contributed by atoms with Gasteiger partial charge >= 0.3 is 0 Å². The van der Waals surface area contributed by atoms with Crippen molar-refractivity contribution < 1.29 is 9.84 Å². The Morgan fingerprint density at radius 2 is 2.11 bits per heavy atom. The Morgan fingerprint density at radius 3 is 2.78 bits per heavy atom. The van der Waals surface area contributed by atoms with E-state index < -0.39 is 0 Å². The number of aliphatic hydroxyl groups excluding tert-OH is 1. The van der Waals surface area contributed by atoms with Crippen LogP contribution in [0.25, 0.3) is 0 Å². The summed E-state index contributed by atoms with van der Waals surface area (Å²) in [5, 5.41) is 9.97. The lowest BCUT2D eigenvalue weighted by molar-refractivity contribution is 0.00607. The molecule has 1 aliphatic carbocycles. The van der Waals surface area contributed by atoms with Crippen molar-refractivity contribution in [3.05, 3.63) is 27.7 Å². The van der Waals surface area contributed by atoms with Gasteiger partial charge in [0, 0.05) is 16.6 Å². The normalized spacial score (nSPS) is 24.0. The summed E-state index contributed by atoms with van der Waals surface area (Å²) in [7, 11) is 0. The first-order chi connectivity index (χ1) is 8.61. The minimum absolute atomic E-state index is 0.0936. The maximum atomic E-state index is 9.97. The van der Waals surface area contributed by atoms with Crippen LogP contribution in [0.5, 0.6) is 5.75 Å². The largest absolute Gasteiger partial charge is 0.487 e. The van der Waals surface area contributed by atoms with Crippen LogP contribution in [0.4, 0.5) is 0 Å². The average molecular weight is 314 g/mol. The maximum absolute atomic E-state index is 9.97. The van der Waals surface area contributed by atoms with Crippen LogP contribution in [0, 0.1) is 6.92 Å². The molecule has 0 bridgehead atoms. The summed E-state index contributed by atoms with van der Waals surface area (Å²) < 4.78 is 7.04. The summed E-state index contributed by atoms with van der Waals surface area (Å²) >= 11 is 3.46. The fourth-order valence-electron chi connectivity index (χ4n) is 2.49. The number of benzene rings is 1. The number of hydrogen-bond donors (Lipinski definition) is 2. The standard InChI is InChI=1S/C14H20BrNO2/c1-9-6-11(15)7-10(8-16)14(9)18-13-5-3-2-4-12(13)17/h6-7,12-13,17H,2-5,8,16H2,1H3. The van der Waals surface area contributed by atoms with Crippen molar-refractivity contribution in [1.29, 1.82) is 0 Å². The predicted molar refractivity (Wildman–Crippen MR) is 75.7 cm³/mol. The number of rotatable bonds is 3. The van der Waals surface area contributed by atoms with E-state index in [1.54, 1.807) is 0 Å². The maximum Gasteiger partial charge on any atom is 0.127 e. The molecule has 3 nitrogen and oxygen atoms in total. The van der Waals surface area contributed by atoms with Crippen LogP contribution < -0.4 is 10.5 Å². The number of ether oxygens (including phenoxy) is 1. The number of halogens is 1. The van der Waals surface area contributed by atoms with E-state index in [1.165, 1.54) is 0 Å². The zero-order valence-electron chi connectivity index (χ0n) is 10.7. The first-order valence-corrected chi connectivity index (χ1v) is 7.25. The SMILES string of the molecule is Cc1cc(Br)cc(CN)c1OC1CCCCC1O. The third-order valence-electron chi connectivity index (χ3n) is 3.47. The molecule has 0 aliphatic heterocycles. The molecule has 2 rings (SSSR count). The summed E-state index contributed by atoms with van der Waals surface area (Å²) in [4.78, 5) is 0. The molecule has 0 radical (unpaired) electrons. The van der Waals surface area contributed by atoms with Gasteiger partial charge in [0.15, 0.2) is 0 Å². The van der Waals surface area contributed by atoms with E-state index in [9.17, 15) is 5.11 Å². The van der Waals surface area contributed by atoms with Crippen LogP contribution >= 0.6 is 15.9 Å². The molecule has 100 valence electrons. The molecule has 18 heavy (non-hydrogen) atoms. The Morgan fingerprint density at radius 1 is 1.39 bits per heavy atom. The van der Waals surface area contributed by atoms with Gasteiger partial charge in [-0.15, -0.1) is 0 Å². The number of hydrogen-bond acceptors (Lipinski definition) is 3. The minimum atomic E-state index is -0.354. The van der Waals surface area contributed by atoms with Crippen molar-refractivity contribution >= 4 is 15.9 Å². The molecule has 1 aromatic rings. The van der Waals surface area contributed by atoms with Crippen molar-refractivity contribution in [3.63, 3.8) is 0 Å². The second-order valence-electron chi connectivity index (χ2n) is 4.92. The summed E-state index contributed by atoms with van der Waals surface area (Å²) in [6.07, 6.45) is 3.51. The topological polar surface area (TPSA) is 55.5 Å². The lowest BCUT2D eigenvalue weighted by Gasteiger charge is -2.29. The van der Waals surface area contributed by atoms with Crippen molar-refractivity contribution in [1.82, 2.24) is 0 Å². The molecule has 0 spiro atoms. The Bertz CT molecular complexity index is 423. The number of nitrogens with two attached hydrogens (primary N) is 1. The molecule has 1 saturated carbocycles. The van der Waals surface area contributed by atoms with Gasteiger partial charge in [-0.3, -0.25) is 0 Å². The molecule has 1 aromatic carbocycles. The molecule has 0 saturated heterocycles. The van der Waals surface area contributed by atoms with Crippen molar-refractivity contribution in [2.24, 2.45) is 5.73 Å². The minimum Gasteiger partial charge on any atom is -0.487 e. The molecular formula is C14H20BrNO2. The highest BCUT2D eigenvalue weighted by atomic mass is 79.9. The van der Waals surface area contributed by atoms with E-state index >= 15 is 0 Å². The Balaban J connectivity index is 2.22. The fraction of sp³-hybridized carbons (Fsp3) is 0.571. The Hall–Kier alpha value is -0.580. The third-order valence-corrected chi connectivity index (χ3v) is 3.93. The van der Waals surface area contributed by atoms with E-state index in [0.29, 0.717) is 6.54 Å². The van der Waals surface area contributed by atoms with Gasteiger partial charge in [0.25, 0.3) is 0 Å². The van der Waals surface area contributed by atoms with Gasteiger partial charge in [-0.05, 0) is 43.9 Å². The Kier molecular flexibility index (Phi) is 4.65. The third kappa shape index (κ3) is 3.05. The van der Waals surface area contributed by atoms with Crippen LogP contribution in [0.15, 0.2) is 16.6 Å². The molecule has 0 amide bonds. The molecule has 1 fully saturated rings. The van der Waals surface area contributed by atoms with Gasteiger partial charge in [-0.1, -0.05) is 22.4 Å². The molecule has 2 unspecified atom stereocenters. The van der Waals surface area contributed by atoms with E-state index in [4.69, 9.17) is 10.5 Å². The summed E-state index contributed by atoms with van der Waals surface area (Å²) in [6.45, 7) is 2.45. The zero-order valence-corrected chi connectivity index (χ0v) is 12.2. The van der Waals surface area contributed by atoms with Crippen LogP contribution in [0.3, 0.4) is 0 Å². The molecule has 2 atom stereocenters. The van der Waals surface area contributed by atoms with Crippen LogP contribution in [0.2, 0.25) is 0 Å². The van der Waals surface area contributed by atoms with E-state index in [1.807, 2.05) is 19.1 Å². The predicted octanol–water partition coefficient (Wildman–Crippen LogP) is 2.90. The first-order valence-electron chi connectivity index (χ1n) is 6.45. The van der Waals surface area contributed by atoms with E-state index in [2.05, 4.69) is 15.9 Å². The monoisotopic (exact) mass is 313 g/mol. The Labute approximate surface area is 116 Å². The number of aryl methyl sites for hydroxylation is 1. The van der Waals surface area contributed by atoms with Crippen molar-refractivity contribution in [3.8, 4) is 5.75 Å². The molecule has 1 aliphatic rings. The summed E-state index contributed by atoms with van der Waals surface area (Å²) in [6, 6.07) is 4.00. The van der Waals surface area contributed by atoms with Crippen molar-refractivity contribution in [2.75, 3.05) is 0 Å². The summed E-state index contributed by atoms with van der Waals surface area (Å²) in [5.41, 5.74) is 7.81. The second kappa shape index (κ2) is 6.04. The lowest BCUT2D eigenvalue weighted by Crippen LogP contribution is -2.35. The van der Waals surface area contributed by atoms with Crippen LogP contribution in [-0.2, 0) is 6.54 Å². The van der Waals surface area contributed by atoms with E-state index in [-0.39, 0.29) is 12.2 Å². The van der Waals surface area contributed by atoms with Gasteiger partial charge in [-0.25, -0.2) is 0 Å². The molecule has 3 N–H and O–H groups in total. The highest BCUT2D eigenvalue weighted by Gasteiger charge is 2.25. The smallest absolute Gasteiger partial charge is 0.127 e. The highest BCUT2D eigenvalue weighted by Crippen LogP contribution is 2.31. The molecule has 0 heterocycles. The molecular weight excluding hydrogens is 294 g/mol. The van der Waals surface area contributed by atoms with Gasteiger partial charge in [0.1, 0.15) is 11.9 Å². The van der Waals surface area contributed by atoms with Gasteiger partial charge in [-0.2, -0.15) is 0 Å². The lowest BCUT2D eigenvalue weighted by atomic mass is 9.94. The highest BCUT2D eigenvalue weighted by molar-refractivity contribution is 9.10. The van der Waals surface area contributed by atoms with Crippen molar-refractivity contribution in [2.45, 2.75) is 51.4 Å². The molecule has 4 heteroatoms. The zero-order chi connectivity index (χ0) is 13.1. The van der Waals surface area contributed by atoms with Crippen LogP contribution in [-0.4, -0.2) is 17.3 Å². The number of aliphatic hydroxyl groups is 1. The average Bonchev–Trinajstić information content (AvgIpc) is 2.34. The van der Waals surface area contributed by atoms with Crippen LogP contribution in [0.1, 0.15) is 36.8 Å². The van der Waals surface area contributed by atoms with Gasteiger partial charge in [0.05, 0.1) is 6.10 Å².